The number of benzene rings is 1. The molecular formula is C17H20F3N3S. The number of nitrogens with zero attached hydrogens (tertiary/aromatic N) is 2. The Bertz CT molecular complexity index is 711. The minimum Gasteiger partial charge on any atom is -0.375 e. The van der Waals surface area contributed by atoms with E-state index >= 15 is 0 Å². The highest BCUT2D eigenvalue weighted by Gasteiger charge is 2.31. The zero-order valence-electron chi connectivity index (χ0n) is 13.4. The van der Waals surface area contributed by atoms with Crippen LogP contribution in [-0.2, 0) is 12.7 Å². The van der Waals surface area contributed by atoms with Gasteiger partial charge in [-0.25, -0.2) is 4.98 Å². The number of halogens is 3. The maximum atomic E-state index is 13.0. The summed E-state index contributed by atoms with van der Waals surface area (Å²) in [6.45, 7) is 3.87. The highest BCUT2D eigenvalue weighted by molar-refractivity contribution is 7.15. The van der Waals surface area contributed by atoms with Gasteiger partial charge in [0.05, 0.1) is 11.3 Å². The molecule has 3 nitrogen and oxygen atoms in total. The zero-order valence-corrected chi connectivity index (χ0v) is 14.3. The van der Waals surface area contributed by atoms with Gasteiger partial charge in [-0.1, -0.05) is 19.1 Å². The average molecular weight is 355 g/mol. The Morgan fingerprint density at radius 1 is 1.38 bits per heavy atom. The third-order valence-corrected chi connectivity index (χ3v) is 5.36. The Kier molecular flexibility index (Phi) is 4.83. The van der Waals surface area contributed by atoms with Crippen LogP contribution in [0.25, 0.3) is 11.3 Å². The number of nitrogen functional groups attached to an aromatic ring is 1. The van der Waals surface area contributed by atoms with Gasteiger partial charge in [-0.2, -0.15) is 13.2 Å². The summed E-state index contributed by atoms with van der Waals surface area (Å²) in [4.78, 5) is 7.62. The molecule has 1 saturated heterocycles. The molecule has 7 heteroatoms. The van der Waals surface area contributed by atoms with Crippen LogP contribution in [-0.4, -0.2) is 22.5 Å². The first-order valence-corrected chi connectivity index (χ1v) is 8.87. The predicted octanol–water partition coefficient (Wildman–Crippen LogP) is 4.79. The third-order valence-electron chi connectivity index (χ3n) is 4.49. The summed E-state index contributed by atoms with van der Waals surface area (Å²) in [5, 5.41) is 0.393. The van der Waals surface area contributed by atoms with E-state index in [1.165, 1.54) is 23.8 Å². The molecule has 1 unspecified atom stereocenters. The molecule has 1 aromatic carbocycles. The van der Waals surface area contributed by atoms with Crippen LogP contribution in [0.5, 0.6) is 0 Å². The first-order chi connectivity index (χ1) is 11.4. The monoisotopic (exact) mass is 355 g/mol. The van der Waals surface area contributed by atoms with Crippen molar-refractivity contribution in [3.05, 3.63) is 34.7 Å². The molecule has 1 aliphatic rings. The molecule has 2 aromatic rings. The summed E-state index contributed by atoms with van der Waals surface area (Å²) in [5.74, 6) is 0. The molecule has 3 rings (SSSR count). The third kappa shape index (κ3) is 3.57. The molecule has 0 saturated carbocycles. The van der Waals surface area contributed by atoms with E-state index in [9.17, 15) is 13.2 Å². The van der Waals surface area contributed by atoms with Gasteiger partial charge in [0.25, 0.3) is 0 Å². The number of aromatic nitrogens is 1. The van der Waals surface area contributed by atoms with Gasteiger partial charge in [0, 0.05) is 23.0 Å². The van der Waals surface area contributed by atoms with Gasteiger partial charge in [0.1, 0.15) is 0 Å². The van der Waals surface area contributed by atoms with Crippen LogP contribution in [0.4, 0.5) is 18.3 Å². The van der Waals surface area contributed by atoms with Crippen LogP contribution in [0.1, 0.15) is 36.6 Å². The second-order valence-corrected chi connectivity index (χ2v) is 7.19. The van der Waals surface area contributed by atoms with Crippen molar-refractivity contribution in [3.8, 4) is 11.3 Å². The fraction of sp³-hybridized carbons (Fsp3) is 0.471. The normalized spacial score (nSPS) is 19.1. The van der Waals surface area contributed by atoms with Crippen molar-refractivity contribution >= 4 is 16.5 Å². The summed E-state index contributed by atoms with van der Waals surface area (Å²) in [7, 11) is 0. The number of hydrogen-bond donors (Lipinski definition) is 1. The summed E-state index contributed by atoms with van der Waals surface area (Å²) >= 11 is 1.37. The molecule has 130 valence electrons. The first kappa shape index (κ1) is 17.2. The van der Waals surface area contributed by atoms with Crippen LogP contribution in [0.15, 0.2) is 24.3 Å². The SMILES string of the molecule is CCC1CCCN1Cc1sc(N)nc1-c1cccc(C(F)(F)F)c1. The largest absolute Gasteiger partial charge is 0.416 e. The fourth-order valence-electron chi connectivity index (χ4n) is 3.30. The zero-order chi connectivity index (χ0) is 17.3. The Balaban J connectivity index is 1.92. The van der Waals surface area contributed by atoms with Crippen molar-refractivity contribution in [2.75, 3.05) is 12.3 Å². The number of thiazole rings is 1. The molecule has 1 aromatic heterocycles. The molecule has 0 aliphatic carbocycles. The van der Waals surface area contributed by atoms with Crippen LogP contribution >= 0.6 is 11.3 Å². The summed E-state index contributed by atoms with van der Waals surface area (Å²) in [5.41, 5.74) is 6.23. The van der Waals surface area contributed by atoms with E-state index in [2.05, 4.69) is 16.8 Å². The number of anilines is 1. The number of nitrogens with two attached hydrogens (primary N) is 1. The van der Waals surface area contributed by atoms with Gasteiger partial charge in [-0.05, 0) is 37.9 Å². The number of hydrogen-bond acceptors (Lipinski definition) is 4. The average Bonchev–Trinajstić information content (AvgIpc) is 3.13. The standard InChI is InChI=1S/C17H20F3N3S/c1-2-13-7-4-8-23(13)10-14-15(22-16(21)24-14)11-5-3-6-12(9-11)17(18,19)20/h3,5-6,9,13H,2,4,7-8,10H2,1H3,(H2,21,22). The second-order valence-electron chi connectivity index (χ2n) is 6.08. The van der Waals surface area contributed by atoms with Crippen molar-refractivity contribution in [1.29, 1.82) is 0 Å². The molecule has 2 N–H and O–H groups in total. The molecule has 24 heavy (non-hydrogen) atoms. The van der Waals surface area contributed by atoms with Crippen molar-refractivity contribution in [1.82, 2.24) is 9.88 Å². The van der Waals surface area contributed by atoms with Gasteiger partial charge < -0.3 is 5.73 Å². The number of rotatable bonds is 4. The van der Waals surface area contributed by atoms with Gasteiger partial charge in [0.15, 0.2) is 5.13 Å². The van der Waals surface area contributed by atoms with Gasteiger partial charge in [-0.15, -0.1) is 11.3 Å². The Labute approximate surface area is 143 Å². The van der Waals surface area contributed by atoms with Crippen LogP contribution in [0.2, 0.25) is 0 Å². The number of likely N-dealkylation sites (tertiary alicyclic amines) is 1. The van der Waals surface area contributed by atoms with Crippen molar-refractivity contribution in [2.45, 2.75) is 44.9 Å². The minimum atomic E-state index is -4.36. The lowest BCUT2D eigenvalue weighted by molar-refractivity contribution is -0.137. The lowest BCUT2D eigenvalue weighted by atomic mass is 10.1. The van der Waals surface area contributed by atoms with Crippen molar-refractivity contribution < 1.29 is 13.2 Å². The lowest BCUT2D eigenvalue weighted by Crippen LogP contribution is -2.28. The van der Waals surface area contributed by atoms with Crippen molar-refractivity contribution in [3.63, 3.8) is 0 Å². The van der Waals surface area contributed by atoms with Crippen LogP contribution in [0.3, 0.4) is 0 Å². The van der Waals surface area contributed by atoms with Gasteiger partial charge in [0.2, 0.25) is 0 Å². The molecule has 0 radical (unpaired) electrons. The molecule has 1 aliphatic heterocycles. The molecule has 2 heterocycles. The van der Waals surface area contributed by atoms with E-state index in [0.29, 0.717) is 29.0 Å². The van der Waals surface area contributed by atoms with Gasteiger partial charge in [-0.3, -0.25) is 4.90 Å². The molecular weight excluding hydrogens is 335 g/mol. The van der Waals surface area contributed by atoms with E-state index in [-0.39, 0.29) is 0 Å². The molecule has 1 atom stereocenters. The Hall–Kier alpha value is -1.60. The highest BCUT2D eigenvalue weighted by Crippen LogP contribution is 2.36. The smallest absolute Gasteiger partial charge is 0.375 e. The topological polar surface area (TPSA) is 42.1 Å². The maximum absolute atomic E-state index is 13.0. The second kappa shape index (κ2) is 6.72. The fourth-order valence-corrected chi connectivity index (χ4v) is 4.18. The molecule has 0 bridgehead atoms. The van der Waals surface area contributed by atoms with E-state index in [1.807, 2.05) is 0 Å². The van der Waals surface area contributed by atoms with E-state index in [0.717, 1.165) is 36.4 Å². The van der Waals surface area contributed by atoms with E-state index in [1.54, 1.807) is 6.07 Å². The Morgan fingerprint density at radius 3 is 2.88 bits per heavy atom. The summed E-state index contributed by atoms with van der Waals surface area (Å²) < 4.78 is 38.9. The van der Waals surface area contributed by atoms with Gasteiger partial charge >= 0.3 is 6.18 Å². The summed E-state index contributed by atoms with van der Waals surface area (Å²) in [6.07, 6.45) is -0.956. The molecule has 1 fully saturated rings. The van der Waals surface area contributed by atoms with Crippen molar-refractivity contribution in [2.24, 2.45) is 0 Å². The molecule has 0 amide bonds. The predicted molar refractivity (Wildman–Crippen MR) is 90.7 cm³/mol. The number of alkyl halides is 3. The minimum absolute atomic E-state index is 0.393. The summed E-state index contributed by atoms with van der Waals surface area (Å²) in [6, 6.07) is 5.84. The van der Waals surface area contributed by atoms with Crippen LogP contribution < -0.4 is 5.73 Å². The quantitative estimate of drug-likeness (QED) is 0.858. The molecule has 0 spiro atoms. The first-order valence-electron chi connectivity index (χ1n) is 8.05. The Morgan fingerprint density at radius 2 is 2.17 bits per heavy atom. The lowest BCUT2D eigenvalue weighted by Gasteiger charge is -2.22. The van der Waals surface area contributed by atoms with E-state index < -0.39 is 11.7 Å². The highest BCUT2D eigenvalue weighted by atomic mass is 32.1. The van der Waals surface area contributed by atoms with E-state index in [4.69, 9.17) is 5.73 Å². The van der Waals surface area contributed by atoms with Crippen LogP contribution in [0, 0.1) is 0 Å². The maximum Gasteiger partial charge on any atom is 0.416 e.